The molecule has 0 saturated carbocycles. The molecule has 0 radical (unpaired) electrons. The maximum Gasteiger partial charge on any atom is 0.269 e. The van der Waals surface area contributed by atoms with Gasteiger partial charge in [0.15, 0.2) is 17.1 Å². The quantitative estimate of drug-likeness (QED) is 0.262. The second kappa shape index (κ2) is 10.4. The lowest BCUT2D eigenvalue weighted by Gasteiger charge is -2.19. The summed E-state index contributed by atoms with van der Waals surface area (Å²) in [4.78, 5) is 22.9. The number of hydrogen-bond acceptors (Lipinski definition) is 7. The second-order valence-electron chi connectivity index (χ2n) is 7.61. The van der Waals surface area contributed by atoms with Gasteiger partial charge in [-0.3, -0.25) is 14.9 Å². The number of hydrogen-bond donors (Lipinski definition) is 1. The maximum absolute atomic E-state index is 13.1. The van der Waals surface area contributed by atoms with Crippen molar-refractivity contribution in [1.82, 2.24) is 14.8 Å². The third-order valence-electron chi connectivity index (χ3n) is 4.72. The van der Waals surface area contributed by atoms with Crippen molar-refractivity contribution in [1.29, 1.82) is 0 Å². The Kier molecular flexibility index (Phi) is 7.64. The zero-order valence-corrected chi connectivity index (χ0v) is 19.4. The summed E-state index contributed by atoms with van der Waals surface area (Å²) in [6.07, 6.45) is -0.448. The van der Waals surface area contributed by atoms with E-state index in [0.717, 1.165) is 0 Å². The second-order valence-corrected chi connectivity index (χ2v) is 8.55. The first-order valence-electron chi connectivity index (χ1n) is 10.2. The summed E-state index contributed by atoms with van der Waals surface area (Å²) in [5.41, 5.74) is 1.08. The number of non-ortho nitro benzene ring substituents is 1. The summed E-state index contributed by atoms with van der Waals surface area (Å²) < 4.78 is 20.9. The number of nitro benzene ring substituents is 1. The lowest BCUT2D eigenvalue weighted by molar-refractivity contribution is -0.384. The van der Waals surface area contributed by atoms with Crippen molar-refractivity contribution in [2.75, 3.05) is 11.1 Å². The molecule has 3 rings (SSSR count). The maximum atomic E-state index is 13.1. The summed E-state index contributed by atoms with van der Waals surface area (Å²) in [5.74, 6) is 0.556. The van der Waals surface area contributed by atoms with Gasteiger partial charge in [0.1, 0.15) is 11.6 Å². The van der Waals surface area contributed by atoms with Crippen LogP contribution in [-0.4, -0.2) is 31.3 Å². The van der Waals surface area contributed by atoms with Crippen LogP contribution in [0.4, 0.5) is 15.8 Å². The Hall–Kier alpha value is -3.47. The van der Waals surface area contributed by atoms with Gasteiger partial charge in [-0.25, -0.2) is 4.39 Å². The number of aromatic nitrogens is 3. The molecule has 0 aliphatic heterocycles. The molecule has 11 heteroatoms. The molecule has 2 aromatic carbocycles. The fourth-order valence-corrected chi connectivity index (χ4v) is 4.01. The number of carbonyl (C=O) groups is 1. The van der Waals surface area contributed by atoms with Crippen LogP contribution in [0.15, 0.2) is 47.6 Å². The number of nitro groups is 1. The van der Waals surface area contributed by atoms with Crippen LogP contribution in [0.2, 0.25) is 0 Å². The van der Waals surface area contributed by atoms with Crippen molar-refractivity contribution in [3.05, 3.63) is 69.8 Å². The number of halogens is 1. The Morgan fingerprint density at radius 1 is 1.21 bits per heavy atom. The molecule has 1 atom stereocenters. The zero-order chi connectivity index (χ0) is 24.1. The minimum absolute atomic E-state index is 0.0109. The molecule has 1 unspecified atom stereocenters. The number of amides is 1. The van der Waals surface area contributed by atoms with E-state index in [0.29, 0.717) is 28.0 Å². The van der Waals surface area contributed by atoms with Gasteiger partial charge in [0.2, 0.25) is 5.91 Å². The van der Waals surface area contributed by atoms with Gasteiger partial charge in [-0.15, -0.1) is 10.2 Å². The normalized spacial score (nSPS) is 11.9. The summed E-state index contributed by atoms with van der Waals surface area (Å²) in [5, 5.41) is 22.7. The lowest BCUT2D eigenvalue weighted by Crippen LogP contribution is -2.17. The lowest BCUT2D eigenvalue weighted by atomic mass is 10.2. The van der Waals surface area contributed by atoms with Crippen LogP contribution in [0.3, 0.4) is 0 Å². The van der Waals surface area contributed by atoms with E-state index in [4.69, 9.17) is 4.74 Å². The predicted octanol–water partition coefficient (Wildman–Crippen LogP) is 5.09. The van der Waals surface area contributed by atoms with Crippen molar-refractivity contribution < 1.29 is 18.8 Å². The molecule has 0 spiro atoms. The van der Waals surface area contributed by atoms with Crippen molar-refractivity contribution in [2.24, 2.45) is 0 Å². The molecule has 9 nitrogen and oxygen atoms in total. The molecular weight excluding hydrogens is 449 g/mol. The smallest absolute Gasteiger partial charge is 0.269 e. The topological polar surface area (TPSA) is 112 Å². The first-order chi connectivity index (χ1) is 15.7. The fraction of sp³-hybridized carbons (Fsp3) is 0.318. The van der Waals surface area contributed by atoms with Crippen molar-refractivity contribution in [2.45, 2.75) is 45.0 Å². The van der Waals surface area contributed by atoms with Crippen LogP contribution in [0.25, 0.3) is 0 Å². The number of thioether (sulfide) groups is 1. The van der Waals surface area contributed by atoms with Gasteiger partial charge in [-0.05, 0) is 63.6 Å². The van der Waals surface area contributed by atoms with Gasteiger partial charge in [-0.2, -0.15) is 0 Å². The first kappa shape index (κ1) is 24.2. The predicted molar refractivity (Wildman–Crippen MR) is 123 cm³/mol. The van der Waals surface area contributed by atoms with Crippen molar-refractivity contribution in [3.63, 3.8) is 0 Å². The van der Waals surface area contributed by atoms with E-state index in [1.807, 2.05) is 25.3 Å². The molecule has 33 heavy (non-hydrogen) atoms. The number of ether oxygens (including phenoxy) is 1. The number of benzene rings is 2. The third kappa shape index (κ3) is 6.07. The molecule has 1 heterocycles. The average molecular weight is 474 g/mol. The standard InChI is InChI=1S/C22H24FN5O4S/c1-13(2)27-21(15(4)32-18-8-5-16(23)6-9-18)25-26-22(27)33-12-20(29)24-19-10-7-17(28(30)31)11-14(19)3/h5-11,13,15H,12H2,1-4H3,(H,24,29). The molecule has 1 aromatic heterocycles. The average Bonchev–Trinajstić information content (AvgIpc) is 3.19. The molecule has 0 aliphatic carbocycles. The van der Waals surface area contributed by atoms with E-state index in [1.165, 1.54) is 42.1 Å². The Morgan fingerprint density at radius 2 is 1.91 bits per heavy atom. The number of nitrogens with one attached hydrogen (secondary N) is 1. The van der Waals surface area contributed by atoms with Gasteiger partial charge < -0.3 is 14.6 Å². The van der Waals surface area contributed by atoms with Gasteiger partial charge >= 0.3 is 0 Å². The molecule has 1 amide bonds. The molecule has 174 valence electrons. The molecule has 0 saturated heterocycles. The first-order valence-corrected chi connectivity index (χ1v) is 11.2. The Labute approximate surface area is 194 Å². The van der Waals surface area contributed by atoms with Gasteiger partial charge in [0.25, 0.3) is 5.69 Å². The summed E-state index contributed by atoms with van der Waals surface area (Å²) in [6.45, 7) is 7.47. The van der Waals surface area contributed by atoms with Crippen LogP contribution >= 0.6 is 11.8 Å². The molecular formula is C22H24FN5O4S. The highest BCUT2D eigenvalue weighted by atomic mass is 32.2. The van der Waals surface area contributed by atoms with E-state index in [9.17, 15) is 19.3 Å². The van der Waals surface area contributed by atoms with Crippen LogP contribution < -0.4 is 10.1 Å². The Balaban J connectivity index is 1.67. The number of anilines is 1. The fourth-order valence-electron chi connectivity index (χ4n) is 3.14. The number of rotatable bonds is 9. The Bertz CT molecular complexity index is 1150. The zero-order valence-electron chi connectivity index (χ0n) is 18.6. The molecule has 0 bridgehead atoms. The van der Waals surface area contributed by atoms with E-state index in [-0.39, 0.29) is 29.2 Å². The highest BCUT2D eigenvalue weighted by Crippen LogP contribution is 2.28. The van der Waals surface area contributed by atoms with Crippen LogP contribution in [-0.2, 0) is 4.79 Å². The summed E-state index contributed by atoms with van der Waals surface area (Å²) >= 11 is 1.23. The summed E-state index contributed by atoms with van der Waals surface area (Å²) in [7, 11) is 0. The summed E-state index contributed by atoms with van der Waals surface area (Å²) in [6, 6.07) is 10.0. The minimum Gasteiger partial charge on any atom is -0.483 e. The molecule has 0 aliphatic rings. The van der Waals surface area contributed by atoms with E-state index in [1.54, 1.807) is 19.1 Å². The SMILES string of the molecule is Cc1cc([N+](=O)[O-])ccc1NC(=O)CSc1nnc(C(C)Oc2ccc(F)cc2)n1C(C)C. The van der Waals surface area contributed by atoms with Crippen LogP contribution in [0.5, 0.6) is 5.75 Å². The monoisotopic (exact) mass is 473 g/mol. The van der Waals surface area contributed by atoms with Gasteiger partial charge in [0, 0.05) is 23.9 Å². The minimum atomic E-state index is -0.481. The highest BCUT2D eigenvalue weighted by molar-refractivity contribution is 7.99. The highest BCUT2D eigenvalue weighted by Gasteiger charge is 2.22. The number of carbonyl (C=O) groups excluding carboxylic acids is 1. The molecule has 0 fully saturated rings. The van der Waals surface area contributed by atoms with Crippen LogP contribution in [0.1, 0.15) is 44.3 Å². The number of nitrogens with zero attached hydrogens (tertiary/aromatic N) is 4. The van der Waals surface area contributed by atoms with Crippen LogP contribution in [0, 0.1) is 22.9 Å². The van der Waals surface area contributed by atoms with E-state index < -0.39 is 11.0 Å². The van der Waals surface area contributed by atoms with E-state index >= 15 is 0 Å². The molecule has 3 aromatic rings. The van der Waals surface area contributed by atoms with Crippen molar-refractivity contribution >= 4 is 29.0 Å². The molecule has 1 N–H and O–H groups in total. The van der Waals surface area contributed by atoms with Crippen molar-refractivity contribution in [3.8, 4) is 5.75 Å². The van der Waals surface area contributed by atoms with Gasteiger partial charge in [0.05, 0.1) is 10.7 Å². The Morgan fingerprint density at radius 3 is 2.52 bits per heavy atom. The van der Waals surface area contributed by atoms with E-state index in [2.05, 4.69) is 15.5 Å². The van der Waals surface area contributed by atoms with Gasteiger partial charge in [-0.1, -0.05) is 11.8 Å². The number of aryl methyl sites for hydroxylation is 1. The largest absolute Gasteiger partial charge is 0.483 e. The third-order valence-corrected chi connectivity index (χ3v) is 5.67.